The summed E-state index contributed by atoms with van der Waals surface area (Å²) in [5.74, 6) is 0. The molecular weight excluding hydrogens is 316 g/mol. The minimum atomic E-state index is -1.91. The van der Waals surface area contributed by atoms with Crippen LogP contribution in [0.1, 0.15) is 39.2 Å². The van der Waals surface area contributed by atoms with Gasteiger partial charge in [0.2, 0.25) is 0 Å². The lowest BCUT2D eigenvalue weighted by Gasteiger charge is -2.43. The molecule has 0 aliphatic heterocycles. The van der Waals surface area contributed by atoms with Gasteiger partial charge in [0.25, 0.3) is 0 Å². The SMILES string of the molecule is C=C1C(O[Si](C)(C)C(C)(C)C)CC(OCc2ccccc2)C[C@H]1O. The molecule has 0 saturated heterocycles. The molecule has 0 bridgehead atoms. The summed E-state index contributed by atoms with van der Waals surface area (Å²) in [6.45, 7) is 15.8. The summed E-state index contributed by atoms with van der Waals surface area (Å²) < 4.78 is 12.6. The molecule has 1 aromatic rings. The van der Waals surface area contributed by atoms with E-state index in [1.54, 1.807) is 0 Å². The van der Waals surface area contributed by atoms with E-state index in [-0.39, 0.29) is 17.2 Å². The molecule has 0 spiro atoms. The van der Waals surface area contributed by atoms with Crippen LogP contribution in [-0.4, -0.2) is 31.7 Å². The fraction of sp³-hybridized carbons (Fsp3) is 0.600. The number of aliphatic hydroxyl groups excluding tert-OH is 1. The van der Waals surface area contributed by atoms with Crippen LogP contribution in [0.4, 0.5) is 0 Å². The second-order valence-electron chi connectivity index (χ2n) is 8.35. The van der Waals surface area contributed by atoms with Crippen LogP contribution in [0, 0.1) is 0 Å². The van der Waals surface area contributed by atoms with Crippen molar-refractivity contribution in [1.29, 1.82) is 0 Å². The van der Waals surface area contributed by atoms with Crippen LogP contribution in [0.15, 0.2) is 42.5 Å². The van der Waals surface area contributed by atoms with E-state index in [9.17, 15) is 5.11 Å². The van der Waals surface area contributed by atoms with Crippen LogP contribution < -0.4 is 0 Å². The first-order valence-electron chi connectivity index (χ1n) is 8.80. The molecule has 24 heavy (non-hydrogen) atoms. The minimum Gasteiger partial charge on any atom is -0.410 e. The Morgan fingerprint density at radius 3 is 2.38 bits per heavy atom. The van der Waals surface area contributed by atoms with E-state index >= 15 is 0 Å². The van der Waals surface area contributed by atoms with Crippen molar-refractivity contribution in [2.75, 3.05) is 0 Å². The molecule has 3 atom stereocenters. The maximum atomic E-state index is 10.4. The van der Waals surface area contributed by atoms with Gasteiger partial charge in [-0.25, -0.2) is 0 Å². The predicted octanol–water partition coefficient (Wildman–Crippen LogP) is 4.67. The Labute approximate surface area is 147 Å². The normalized spacial score (nSPS) is 25.8. The monoisotopic (exact) mass is 348 g/mol. The summed E-state index contributed by atoms with van der Waals surface area (Å²) in [5, 5.41) is 10.5. The third-order valence-corrected chi connectivity index (χ3v) is 9.86. The molecular formula is C20H32O3Si. The molecule has 1 aromatic carbocycles. The Morgan fingerprint density at radius 1 is 1.17 bits per heavy atom. The number of rotatable bonds is 5. The van der Waals surface area contributed by atoms with Crippen LogP contribution in [0.2, 0.25) is 18.1 Å². The average Bonchev–Trinajstić information content (AvgIpc) is 2.49. The van der Waals surface area contributed by atoms with Crippen molar-refractivity contribution < 1.29 is 14.3 Å². The Bertz CT molecular complexity index is 548. The highest BCUT2D eigenvalue weighted by molar-refractivity contribution is 6.74. The third-order valence-electron chi connectivity index (χ3n) is 5.38. The van der Waals surface area contributed by atoms with Crippen molar-refractivity contribution in [3.63, 3.8) is 0 Å². The van der Waals surface area contributed by atoms with E-state index in [0.29, 0.717) is 13.0 Å². The van der Waals surface area contributed by atoms with Crippen molar-refractivity contribution in [3.05, 3.63) is 48.0 Å². The van der Waals surface area contributed by atoms with Gasteiger partial charge in [-0.1, -0.05) is 57.7 Å². The van der Waals surface area contributed by atoms with Crippen molar-refractivity contribution >= 4 is 8.32 Å². The van der Waals surface area contributed by atoms with Gasteiger partial charge in [-0.2, -0.15) is 0 Å². The molecule has 0 radical (unpaired) electrons. The summed E-state index contributed by atoms with van der Waals surface area (Å²) in [7, 11) is -1.91. The molecule has 2 rings (SSSR count). The van der Waals surface area contributed by atoms with E-state index in [4.69, 9.17) is 9.16 Å². The van der Waals surface area contributed by atoms with E-state index in [1.807, 2.05) is 18.2 Å². The van der Waals surface area contributed by atoms with E-state index < -0.39 is 14.4 Å². The summed E-state index contributed by atoms with van der Waals surface area (Å²) in [6, 6.07) is 10.1. The molecule has 1 aliphatic rings. The second kappa shape index (κ2) is 7.52. The van der Waals surface area contributed by atoms with Gasteiger partial charge in [0.15, 0.2) is 8.32 Å². The van der Waals surface area contributed by atoms with Crippen LogP contribution in [-0.2, 0) is 15.8 Å². The summed E-state index contributed by atoms with van der Waals surface area (Å²) in [6.07, 6.45) is 0.711. The molecule has 2 unspecified atom stereocenters. The molecule has 1 N–H and O–H groups in total. The van der Waals surface area contributed by atoms with Gasteiger partial charge < -0.3 is 14.3 Å². The lowest BCUT2D eigenvalue weighted by molar-refractivity contribution is -0.0347. The fourth-order valence-corrected chi connectivity index (χ4v) is 3.99. The van der Waals surface area contributed by atoms with Gasteiger partial charge in [0.1, 0.15) is 0 Å². The number of hydrogen-bond acceptors (Lipinski definition) is 3. The summed E-state index contributed by atoms with van der Waals surface area (Å²) in [5.41, 5.74) is 1.96. The smallest absolute Gasteiger partial charge is 0.192 e. The number of hydrogen-bond donors (Lipinski definition) is 1. The van der Waals surface area contributed by atoms with Crippen molar-refractivity contribution in [1.82, 2.24) is 0 Å². The van der Waals surface area contributed by atoms with Crippen LogP contribution >= 0.6 is 0 Å². The molecule has 1 saturated carbocycles. The average molecular weight is 349 g/mol. The second-order valence-corrected chi connectivity index (χ2v) is 13.1. The maximum Gasteiger partial charge on any atom is 0.192 e. The van der Waals surface area contributed by atoms with Crippen molar-refractivity contribution in [2.24, 2.45) is 0 Å². The first kappa shape index (κ1) is 19.4. The number of benzene rings is 1. The zero-order valence-corrected chi connectivity index (χ0v) is 16.7. The number of aliphatic hydroxyl groups is 1. The zero-order chi connectivity index (χ0) is 18.0. The van der Waals surface area contributed by atoms with E-state index in [0.717, 1.165) is 17.6 Å². The van der Waals surface area contributed by atoms with Gasteiger partial charge >= 0.3 is 0 Å². The van der Waals surface area contributed by atoms with E-state index in [2.05, 4.69) is 52.6 Å². The largest absolute Gasteiger partial charge is 0.410 e. The summed E-state index contributed by atoms with van der Waals surface area (Å²) >= 11 is 0. The molecule has 0 aromatic heterocycles. The Hall–Kier alpha value is -0.943. The lowest BCUT2D eigenvalue weighted by Crippen LogP contribution is -2.48. The highest BCUT2D eigenvalue weighted by Crippen LogP contribution is 2.40. The Kier molecular flexibility index (Phi) is 6.08. The highest BCUT2D eigenvalue weighted by atomic mass is 28.4. The minimum absolute atomic E-state index is 0.000439. The molecule has 4 heteroatoms. The van der Waals surface area contributed by atoms with Gasteiger partial charge in [-0.15, -0.1) is 0 Å². The van der Waals surface area contributed by atoms with Crippen molar-refractivity contribution in [3.8, 4) is 0 Å². The van der Waals surface area contributed by atoms with E-state index in [1.165, 1.54) is 0 Å². The van der Waals surface area contributed by atoms with Gasteiger partial charge in [0, 0.05) is 12.8 Å². The van der Waals surface area contributed by atoms with Gasteiger partial charge in [-0.3, -0.25) is 0 Å². The Balaban J connectivity index is 2.00. The molecule has 1 aliphatic carbocycles. The molecule has 1 fully saturated rings. The third kappa shape index (κ3) is 4.79. The van der Waals surface area contributed by atoms with Crippen LogP contribution in [0.5, 0.6) is 0 Å². The molecule has 3 nitrogen and oxygen atoms in total. The lowest BCUT2D eigenvalue weighted by atomic mass is 9.88. The maximum absolute atomic E-state index is 10.4. The molecule has 0 amide bonds. The topological polar surface area (TPSA) is 38.7 Å². The highest BCUT2D eigenvalue weighted by Gasteiger charge is 2.42. The first-order chi connectivity index (χ1) is 11.1. The standard InChI is InChI=1S/C20H32O3Si/c1-15-18(21)12-17(22-14-16-10-8-7-9-11-16)13-19(15)23-24(5,6)20(2,3)4/h7-11,17-19,21H,1,12-14H2,2-6H3/t17?,18-,19?/m1/s1. The zero-order valence-electron chi connectivity index (χ0n) is 15.7. The fourth-order valence-electron chi connectivity index (χ4n) is 2.68. The summed E-state index contributed by atoms with van der Waals surface area (Å²) in [4.78, 5) is 0. The van der Waals surface area contributed by atoms with Crippen molar-refractivity contribution in [2.45, 2.75) is 76.7 Å². The predicted molar refractivity (Wildman–Crippen MR) is 101 cm³/mol. The van der Waals surface area contributed by atoms with Gasteiger partial charge in [0.05, 0.1) is 24.9 Å². The first-order valence-corrected chi connectivity index (χ1v) is 11.7. The van der Waals surface area contributed by atoms with Gasteiger partial charge in [-0.05, 0) is 29.3 Å². The Morgan fingerprint density at radius 2 is 1.79 bits per heavy atom. The quantitative estimate of drug-likeness (QED) is 0.620. The van der Waals surface area contributed by atoms with Crippen LogP contribution in [0.25, 0.3) is 0 Å². The van der Waals surface area contributed by atoms with Crippen LogP contribution in [0.3, 0.4) is 0 Å². The number of ether oxygens (including phenoxy) is 1. The molecule has 0 heterocycles. The molecule has 134 valence electrons.